The summed E-state index contributed by atoms with van der Waals surface area (Å²) in [6.07, 6.45) is -8.84. The van der Waals surface area contributed by atoms with Crippen molar-refractivity contribution in [3.05, 3.63) is 0 Å². The standard InChI is InChI=1S/C5H6F6/c6-2-1-5(10,11)3(7)4(8)9/h3-4H,1-2H2. The van der Waals surface area contributed by atoms with Crippen molar-refractivity contribution >= 4 is 0 Å². The molecule has 0 bridgehead atoms. The summed E-state index contributed by atoms with van der Waals surface area (Å²) in [4.78, 5) is 0. The molecule has 0 aliphatic heterocycles. The van der Waals surface area contributed by atoms with Crippen LogP contribution in [-0.4, -0.2) is 25.2 Å². The van der Waals surface area contributed by atoms with Crippen LogP contribution in [0.25, 0.3) is 0 Å². The van der Waals surface area contributed by atoms with E-state index in [2.05, 4.69) is 0 Å². The van der Waals surface area contributed by atoms with E-state index in [0.717, 1.165) is 0 Å². The third-order valence-electron chi connectivity index (χ3n) is 1.05. The molecule has 0 nitrogen and oxygen atoms in total. The van der Waals surface area contributed by atoms with E-state index < -0.39 is 31.6 Å². The van der Waals surface area contributed by atoms with E-state index in [4.69, 9.17) is 0 Å². The average Bonchev–Trinajstić information content (AvgIpc) is 1.86. The van der Waals surface area contributed by atoms with Gasteiger partial charge in [-0.15, -0.1) is 0 Å². The summed E-state index contributed by atoms with van der Waals surface area (Å²) in [5.74, 6) is -4.26. The van der Waals surface area contributed by atoms with Gasteiger partial charge in [0.25, 0.3) is 12.3 Å². The Balaban J connectivity index is 4.05. The van der Waals surface area contributed by atoms with E-state index in [1.807, 2.05) is 0 Å². The molecular formula is C5H6F6. The second kappa shape index (κ2) is 3.82. The second-order valence-electron chi connectivity index (χ2n) is 1.94. The summed E-state index contributed by atoms with van der Waals surface area (Å²) in [6, 6.07) is 0. The quantitative estimate of drug-likeness (QED) is 0.583. The van der Waals surface area contributed by atoms with Crippen LogP contribution in [0.1, 0.15) is 6.42 Å². The molecule has 0 amide bonds. The Labute approximate surface area is 59.2 Å². The number of alkyl halides is 6. The van der Waals surface area contributed by atoms with Crippen molar-refractivity contribution < 1.29 is 26.3 Å². The fourth-order valence-corrected chi connectivity index (χ4v) is 0.448. The second-order valence-corrected chi connectivity index (χ2v) is 1.94. The predicted molar refractivity (Wildman–Crippen MR) is 26.4 cm³/mol. The third-order valence-corrected chi connectivity index (χ3v) is 1.05. The number of hydrogen-bond donors (Lipinski definition) is 0. The first-order valence-electron chi connectivity index (χ1n) is 2.78. The Morgan fingerprint density at radius 3 is 1.82 bits per heavy atom. The molecule has 11 heavy (non-hydrogen) atoms. The van der Waals surface area contributed by atoms with Crippen molar-refractivity contribution in [2.75, 3.05) is 6.67 Å². The van der Waals surface area contributed by atoms with Crippen LogP contribution in [0, 0.1) is 0 Å². The van der Waals surface area contributed by atoms with Crippen LogP contribution in [0.15, 0.2) is 0 Å². The van der Waals surface area contributed by atoms with E-state index in [9.17, 15) is 26.3 Å². The maximum Gasteiger partial charge on any atom is 0.286 e. The van der Waals surface area contributed by atoms with Crippen LogP contribution in [0.5, 0.6) is 0 Å². The monoisotopic (exact) mass is 180 g/mol. The van der Waals surface area contributed by atoms with Gasteiger partial charge in [-0.2, -0.15) is 0 Å². The molecule has 0 fully saturated rings. The molecule has 0 saturated carbocycles. The Hall–Kier alpha value is -0.420. The Kier molecular flexibility index (Phi) is 3.68. The molecule has 0 aromatic heterocycles. The van der Waals surface area contributed by atoms with Crippen molar-refractivity contribution in [2.45, 2.75) is 24.9 Å². The summed E-state index contributed by atoms with van der Waals surface area (Å²) in [6.45, 7) is -1.51. The van der Waals surface area contributed by atoms with Crippen LogP contribution in [0.3, 0.4) is 0 Å². The van der Waals surface area contributed by atoms with Crippen LogP contribution < -0.4 is 0 Å². The predicted octanol–water partition coefficient (Wildman–Crippen LogP) is 2.58. The maximum atomic E-state index is 12.0. The Morgan fingerprint density at radius 2 is 1.55 bits per heavy atom. The van der Waals surface area contributed by atoms with Crippen molar-refractivity contribution in [1.82, 2.24) is 0 Å². The van der Waals surface area contributed by atoms with E-state index in [1.54, 1.807) is 0 Å². The normalized spacial score (nSPS) is 15.5. The minimum absolute atomic E-state index is 1.50. The lowest BCUT2D eigenvalue weighted by atomic mass is 10.1. The van der Waals surface area contributed by atoms with Crippen LogP contribution >= 0.6 is 0 Å². The summed E-state index contributed by atoms with van der Waals surface area (Å²) in [7, 11) is 0. The lowest BCUT2D eigenvalue weighted by Crippen LogP contribution is -2.35. The van der Waals surface area contributed by atoms with Crippen LogP contribution in [-0.2, 0) is 0 Å². The first-order chi connectivity index (χ1) is 4.91. The van der Waals surface area contributed by atoms with Gasteiger partial charge in [-0.1, -0.05) is 0 Å². The molecular weight excluding hydrogens is 174 g/mol. The minimum Gasteiger partial charge on any atom is -0.251 e. The SMILES string of the molecule is FCCC(F)(F)C(F)C(F)F. The molecule has 1 unspecified atom stereocenters. The summed E-state index contributed by atoms with van der Waals surface area (Å²) >= 11 is 0. The summed E-state index contributed by atoms with van der Waals surface area (Å²) in [5, 5.41) is 0. The van der Waals surface area contributed by atoms with E-state index in [1.165, 1.54) is 0 Å². The minimum atomic E-state index is -4.26. The highest BCUT2D eigenvalue weighted by atomic mass is 19.3. The van der Waals surface area contributed by atoms with Gasteiger partial charge in [-0.3, -0.25) is 4.39 Å². The van der Waals surface area contributed by atoms with Crippen molar-refractivity contribution in [2.24, 2.45) is 0 Å². The molecule has 0 rings (SSSR count). The van der Waals surface area contributed by atoms with Crippen LogP contribution in [0.4, 0.5) is 26.3 Å². The molecule has 1 atom stereocenters. The molecule has 0 aromatic carbocycles. The van der Waals surface area contributed by atoms with Crippen LogP contribution in [0.2, 0.25) is 0 Å². The largest absolute Gasteiger partial charge is 0.286 e. The van der Waals surface area contributed by atoms with Gasteiger partial charge in [0, 0.05) is 6.42 Å². The number of hydrogen-bond acceptors (Lipinski definition) is 0. The van der Waals surface area contributed by atoms with Gasteiger partial charge in [0.1, 0.15) is 0 Å². The van der Waals surface area contributed by atoms with E-state index in [-0.39, 0.29) is 0 Å². The van der Waals surface area contributed by atoms with E-state index in [0.29, 0.717) is 0 Å². The highest BCUT2D eigenvalue weighted by Gasteiger charge is 2.45. The highest BCUT2D eigenvalue weighted by Crippen LogP contribution is 2.29. The Bertz CT molecular complexity index is 112. The highest BCUT2D eigenvalue weighted by molar-refractivity contribution is 4.78. The first-order valence-corrected chi connectivity index (χ1v) is 2.78. The van der Waals surface area contributed by atoms with Crippen molar-refractivity contribution in [1.29, 1.82) is 0 Å². The average molecular weight is 180 g/mol. The maximum absolute atomic E-state index is 12.0. The molecule has 0 heterocycles. The van der Waals surface area contributed by atoms with E-state index >= 15 is 0 Å². The van der Waals surface area contributed by atoms with Crippen molar-refractivity contribution in [3.63, 3.8) is 0 Å². The lowest BCUT2D eigenvalue weighted by molar-refractivity contribution is -0.133. The topological polar surface area (TPSA) is 0 Å². The zero-order valence-corrected chi connectivity index (χ0v) is 5.34. The Morgan fingerprint density at radius 1 is 1.09 bits per heavy atom. The molecule has 6 heteroatoms. The van der Waals surface area contributed by atoms with Gasteiger partial charge in [0.05, 0.1) is 6.67 Å². The summed E-state index contributed by atoms with van der Waals surface area (Å²) in [5.41, 5.74) is 0. The van der Waals surface area contributed by atoms with Gasteiger partial charge in [-0.25, -0.2) is 22.0 Å². The summed E-state index contributed by atoms with van der Waals surface area (Å²) < 4.78 is 69.5. The molecule has 0 spiro atoms. The zero-order chi connectivity index (χ0) is 9.07. The third kappa shape index (κ3) is 2.98. The van der Waals surface area contributed by atoms with Gasteiger partial charge >= 0.3 is 0 Å². The molecule has 68 valence electrons. The van der Waals surface area contributed by atoms with Gasteiger partial charge in [-0.05, 0) is 0 Å². The fourth-order valence-electron chi connectivity index (χ4n) is 0.448. The zero-order valence-electron chi connectivity index (χ0n) is 5.34. The molecule has 0 radical (unpaired) electrons. The fraction of sp³-hybridized carbons (Fsp3) is 1.00. The molecule has 0 N–H and O–H groups in total. The smallest absolute Gasteiger partial charge is 0.251 e. The lowest BCUT2D eigenvalue weighted by Gasteiger charge is -2.17. The van der Waals surface area contributed by atoms with Gasteiger partial charge in [0.2, 0.25) is 6.17 Å². The molecule has 0 aliphatic rings. The number of rotatable bonds is 4. The van der Waals surface area contributed by atoms with Gasteiger partial charge < -0.3 is 0 Å². The van der Waals surface area contributed by atoms with Crippen molar-refractivity contribution in [3.8, 4) is 0 Å². The number of halogens is 6. The van der Waals surface area contributed by atoms with Gasteiger partial charge in [0.15, 0.2) is 0 Å². The molecule has 0 saturated heterocycles. The first kappa shape index (κ1) is 10.6. The molecule has 0 aromatic rings. The molecule has 0 aliphatic carbocycles.